The fourth-order valence-electron chi connectivity index (χ4n) is 4.44. The molecular weight excluding hydrogens is 422 g/mol. The maximum atomic E-state index is 13.5. The number of carbonyl (C=O) groups is 2. The van der Waals surface area contributed by atoms with Crippen molar-refractivity contribution in [2.75, 3.05) is 39.4 Å². The molecule has 2 aromatic heterocycles. The smallest absolute Gasteiger partial charge is 0.290 e. The number of aliphatic hydroxyl groups is 1. The highest BCUT2D eigenvalue weighted by Gasteiger charge is 2.45. The maximum absolute atomic E-state index is 13.5. The van der Waals surface area contributed by atoms with Gasteiger partial charge in [0.25, 0.3) is 5.91 Å². The summed E-state index contributed by atoms with van der Waals surface area (Å²) in [7, 11) is 0. The molecular formula is C25H25N3O5. The Hall–Kier alpha value is -3.49. The van der Waals surface area contributed by atoms with E-state index in [-0.39, 0.29) is 11.3 Å². The molecule has 3 aromatic rings. The van der Waals surface area contributed by atoms with Gasteiger partial charge in [-0.15, -0.1) is 0 Å². The number of benzene rings is 1. The molecule has 33 heavy (non-hydrogen) atoms. The highest BCUT2D eigenvalue weighted by atomic mass is 16.5. The zero-order chi connectivity index (χ0) is 22.9. The van der Waals surface area contributed by atoms with Gasteiger partial charge in [0.1, 0.15) is 11.6 Å². The first kappa shape index (κ1) is 21.4. The minimum absolute atomic E-state index is 0.00328. The van der Waals surface area contributed by atoms with E-state index in [0.717, 1.165) is 24.0 Å². The number of hydrogen-bond acceptors (Lipinski definition) is 7. The highest BCUT2D eigenvalue weighted by molar-refractivity contribution is 6.15. The van der Waals surface area contributed by atoms with Crippen LogP contribution in [0.25, 0.3) is 11.0 Å². The van der Waals surface area contributed by atoms with Crippen LogP contribution in [0.2, 0.25) is 0 Å². The van der Waals surface area contributed by atoms with Crippen LogP contribution >= 0.6 is 0 Å². The summed E-state index contributed by atoms with van der Waals surface area (Å²) in [6.45, 7) is 5.77. The predicted molar refractivity (Wildman–Crippen MR) is 121 cm³/mol. The number of furan rings is 1. The van der Waals surface area contributed by atoms with Gasteiger partial charge in [-0.1, -0.05) is 17.7 Å². The Balaban J connectivity index is 1.49. The molecule has 2 aliphatic rings. The second kappa shape index (κ2) is 8.80. The minimum Gasteiger partial charge on any atom is -0.503 e. The molecule has 1 fully saturated rings. The van der Waals surface area contributed by atoms with Crippen LogP contribution in [0, 0.1) is 6.92 Å². The lowest BCUT2D eigenvalue weighted by Crippen LogP contribution is -2.43. The maximum Gasteiger partial charge on any atom is 0.290 e. The average Bonchev–Trinajstić information content (AvgIpc) is 3.37. The molecule has 2 aliphatic heterocycles. The monoisotopic (exact) mass is 447 g/mol. The van der Waals surface area contributed by atoms with Crippen molar-refractivity contribution in [1.82, 2.24) is 14.8 Å². The lowest BCUT2D eigenvalue weighted by atomic mass is 9.98. The van der Waals surface area contributed by atoms with Gasteiger partial charge in [0.15, 0.2) is 11.5 Å². The van der Waals surface area contributed by atoms with Gasteiger partial charge in [0.2, 0.25) is 5.78 Å². The Morgan fingerprint density at radius 1 is 1.15 bits per heavy atom. The van der Waals surface area contributed by atoms with E-state index in [1.165, 1.54) is 4.90 Å². The minimum atomic E-state index is -0.790. The first-order chi connectivity index (χ1) is 16.0. The highest BCUT2D eigenvalue weighted by Crippen LogP contribution is 2.38. The number of aryl methyl sites for hydroxylation is 1. The fourth-order valence-corrected chi connectivity index (χ4v) is 4.44. The van der Waals surface area contributed by atoms with Crippen molar-refractivity contribution in [3.63, 3.8) is 0 Å². The molecule has 0 bridgehead atoms. The Morgan fingerprint density at radius 3 is 2.73 bits per heavy atom. The quantitative estimate of drug-likeness (QED) is 0.580. The first-order valence-corrected chi connectivity index (χ1v) is 11.0. The zero-order valence-electron chi connectivity index (χ0n) is 18.4. The number of ether oxygens (including phenoxy) is 1. The summed E-state index contributed by atoms with van der Waals surface area (Å²) in [5.41, 5.74) is 2.14. The zero-order valence-corrected chi connectivity index (χ0v) is 18.4. The topological polar surface area (TPSA) is 96.1 Å². The molecule has 0 aliphatic carbocycles. The summed E-state index contributed by atoms with van der Waals surface area (Å²) in [5, 5.41) is 11.6. The number of aromatic nitrogens is 1. The number of pyridine rings is 1. The van der Waals surface area contributed by atoms with Crippen molar-refractivity contribution in [1.29, 1.82) is 0 Å². The van der Waals surface area contributed by atoms with Crippen molar-refractivity contribution in [3.8, 4) is 0 Å². The predicted octanol–water partition coefficient (Wildman–Crippen LogP) is 3.05. The van der Waals surface area contributed by atoms with Crippen molar-refractivity contribution in [3.05, 3.63) is 77.0 Å². The van der Waals surface area contributed by atoms with Gasteiger partial charge in [0.05, 0.1) is 24.5 Å². The molecule has 0 spiro atoms. The number of hydrogen-bond donors (Lipinski definition) is 1. The number of amides is 1. The normalized spacial score (nSPS) is 19.6. The summed E-state index contributed by atoms with van der Waals surface area (Å²) in [6.07, 6.45) is 1.61. The summed E-state index contributed by atoms with van der Waals surface area (Å²) < 4.78 is 11.2. The van der Waals surface area contributed by atoms with Crippen LogP contribution in [0.1, 0.15) is 27.9 Å². The van der Waals surface area contributed by atoms with Crippen molar-refractivity contribution in [2.45, 2.75) is 13.0 Å². The van der Waals surface area contributed by atoms with Crippen LogP contribution in [0.4, 0.5) is 0 Å². The van der Waals surface area contributed by atoms with E-state index < -0.39 is 23.5 Å². The van der Waals surface area contributed by atoms with Crippen LogP contribution < -0.4 is 0 Å². The van der Waals surface area contributed by atoms with E-state index in [1.54, 1.807) is 36.5 Å². The van der Waals surface area contributed by atoms with E-state index in [0.29, 0.717) is 37.6 Å². The molecule has 170 valence electrons. The van der Waals surface area contributed by atoms with Crippen LogP contribution in [-0.4, -0.2) is 71.0 Å². The number of ketones is 1. The fraction of sp³-hybridized carbons (Fsp3) is 0.320. The van der Waals surface area contributed by atoms with Crippen LogP contribution in [-0.2, 0) is 9.53 Å². The van der Waals surface area contributed by atoms with E-state index >= 15 is 0 Å². The van der Waals surface area contributed by atoms with Crippen molar-refractivity contribution >= 4 is 22.7 Å². The molecule has 4 heterocycles. The summed E-state index contributed by atoms with van der Waals surface area (Å²) in [4.78, 5) is 34.8. The number of aliphatic hydroxyl groups excluding tert-OH is 1. The van der Waals surface area contributed by atoms with Crippen LogP contribution in [0.3, 0.4) is 0 Å². The number of Topliss-reactive ketones (excluding diaryl/α,β-unsaturated/α-hetero) is 1. The lowest BCUT2D eigenvalue weighted by Gasteiger charge is -2.31. The van der Waals surface area contributed by atoms with Gasteiger partial charge < -0.3 is 19.2 Å². The second-order valence-electron chi connectivity index (χ2n) is 8.35. The molecule has 1 N–H and O–H groups in total. The number of rotatable bonds is 6. The molecule has 1 saturated heterocycles. The molecule has 8 nitrogen and oxygen atoms in total. The number of carbonyl (C=O) groups excluding carboxylic acids is 2. The van der Waals surface area contributed by atoms with E-state index in [1.807, 2.05) is 19.1 Å². The van der Waals surface area contributed by atoms with Gasteiger partial charge in [-0.05, 0) is 37.3 Å². The Morgan fingerprint density at radius 2 is 1.97 bits per heavy atom. The molecule has 8 heteroatoms. The molecule has 0 radical (unpaired) electrons. The number of fused-ring (bicyclic) bond motifs is 1. The Labute approximate surface area is 191 Å². The third kappa shape index (κ3) is 4.03. The van der Waals surface area contributed by atoms with Crippen LogP contribution in [0.5, 0.6) is 0 Å². The van der Waals surface area contributed by atoms with Crippen molar-refractivity contribution in [2.24, 2.45) is 0 Å². The molecule has 1 amide bonds. The Kier molecular flexibility index (Phi) is 5.70. The largest absolute Gasteiger partial charge is 0.503 e. The van der Waals surface area contributed by atoms with Gasteiger partial charge >= 0.3 is 0 Å². The van der Waals surface area contributed by atoms with E-state index in [9.17, 15) is 14.7 Å². The van der Waals surface area contributed by atoms with Gasteiger partial charge in [-0.3, -0.25) is 19.5 Å². The second-order valence-corrected chi connectivity index (χ2v) is 8.35. The number of morpholine rings is 1. The van der Waals surface area contributed by atoms with E-state index in [4.69, 9.17) is 9.15 Å². The number of nitrogens with zero attached hydrogens (tertiary/aromatic N) is 3. The molecule has 0 saturated carbocycles. The molecule has 1 aromatic carbocycles. The van der Waals surface area contributed by atoms with E-state index in [2.05, 4.69) is 9.88 Å². The SMILES string of the molecule is Cc1ccc2oc(C(=O)C3=C(O)C(=O)N(CCN4CCOCC4)C3c3ccccn3)cc2c1. The van der Waals surface area contributed by atoms with Gasteiger partial charge in [-0.25, -0.2) is 0 Å². The standard InChI is InChI=1S/C25H25N3O5/c1-16-5-6-19-17(14-16)15-20(33-19)23(29)21-22(18-4-2-3-7-26-18)28(25(31)24(21)30)9-8-27-10-12-32-13-11-27/h2-7,14-15,22,30H,8-13H2,1H3. The summed E-state index contributed by atoms with van der Waals surface area (Å²) in [6, 6.07) is 11.8. The molecule has 1 atom stereocenters. The molecule has 5 rings (SSSR count). The first-order valence-electron chi connectivity index (χ1n) is 11.0. The Bertz CT molecular complexity index is 1230. The summed E-state index contributed by atoms with van der Waals surface area (Å²) in [5.74, 6) is -1.55. The lowest BCUT2D eigenvalue weighted by molar-refractivity contribution is -0.129. The van der Waals surface area contributed by atoms with Crippen LogP contribution in [0.15, 0.2) is 64.4 Å². The van der Waals surface area contributed by atoms with Gasteiger partial charge in [-0.2, -0.15) is 0 Å². The average molecular weight is 447 g/mol. The molecule has 1 unspecified atom stereocenters. The third-order valence-corrected chi connectivity index (χ3v) is 6.17. The van der Waals surface area contributed by atoms with Crippen molar-refractivity contribution < 1.29 is 23.8 Å². The summed E-state index contributed by atoms with van der Waals surface area (Å²) >= 11 is 0. The van der Waals surface area contributed by atoms with Gasteiger partial charge in [0, 0.05) is 37.8 Å². The third-order valence-electron chi connectivity index (χ3n) is 6.17.